The van der Waals surface area contributed by atoms with Crippen LogP contribution in [-0.4, -0.2) is 35.1 Å². The van der Waals surface area contributed by atoms with E-state index in [1.807, 2.05) is 0 Å². The molecule has 0 radical (unpaired) electrons. The lowest BCUT2D eigenvalue weighted by molar-refractivity contribution is 0.230. The molecule has 1 saturated carbocycles. The van der Waals surface area contributed by atoms with Crippen LogP contribution < -0.4 is 5.73 Å². The van der Waals surface area contributed by atoms with Crippen molar-refractivity contribution in [2.75, 3.05) is 13.1 Å². The van der Waals surface area contributed by atoms with Gasteiger partial charge in [0.1, 0.15) is 0 Å². The number of amidine groups is 1. The molecule has 4 heteroatoms. The second-order valence-electron chi connectivity index (χ2n) is 3.98. The number of oxime groups is 1. The lowest BCUT2D eigenvalue weighted by Crippen LogP contribution is -2.45. The number of rotatable bonds is 6. The van der Waals surface area contributed by atoms with Crippen molar-refractivity contribution in [3.63, 3.8) is 0 Å². The Bertz CT molecular complexity index is 202. The summed E-state index contributed by atoms with van der Waals surface area (Å²) in [5, 5.41) is 11.8. The van der Waals surface area contributed by atoms with Crippen LogP contribution in [0.3, 0.4) is 0 Å². The number of likely N-dealkylation sites (N-methyl/N-ethyl adjacent to an activating group) is 1. The van der Waals surface area contributed by atoms with Crippen molar-refractivity contribution < 1.29 is 5.21 Å². The van der Waals surface area contributed by atoms with Gasteiger partial charge in [-0.3, -0.25) is 4.90 Å². The number of nitrogens with two attached hydrogens (primary N) is 1. The average Bonchev–Trinajstić information content (AvgIpc) is 3.00. The third kappa shape index (κ3) is 2.87. The Balaban J connectivity index is 2.52. The van der Waals surface area contributed by atoms with E-state index < -0.39 is 0 Å². The molecule has 1 atom stereocenters. The second-order valence-corrected chi connectivity index (χ2v) is 3.98. The molecule has 0 aromatic carbocycles. The standard InChI is InChI=1S/C10H21N3O/c1-3-9(10(11)12-14)13(4-2)7-8-5-6-8/h8-9,14H,3-7H2,1-2H3,(H2,11,12). The van der Waals surface area contributed by atoms with Gasteiger partial charge in [0.05, 0.1) is 6.04 Å². The van der Waals surface area contributed by atoms with Crippen LogP contribution in [0.15, 0.2) is 5.16 Å². The number of hydrogen-bond donors (Lipinski definition) is 2. The highest BCUT2D eigenvalue weighted by Gasteiger charge is 2.28. The van der Waals surface area contributed by atoms with E-state index in [2.05, 4.69) is 23.9 Å². The molecule has 1 fully saturated rings. The summed E-state index contributed by atoms with van der Waals surface area (Å²) in [4.78, 5) is 2.30. The summed E-state index contributed by atoms with van der Waals surface area (Å²) in [6, 6.07) is 0.102. The molecule has 0 aliphatic heterocycles. The molecule has 0 aromatic rings. The normalized spacial score (nSPS) is 20.1. The first-order chi connectivity index (χ1) is 6.72. The van der Waals surface area contributed by atoms with Crippen LogP contribution in [0.5, 0.6) is 0 Å². The van der Waals surface area contributed by atoms with Crippen molar-refractivity contribution in [1.29, 1.82) is 0 Å². The smallest absolute Gasteiger partial charge is 0.156 e. The van der Waals surface area contributed by atoms with Crippen LogP contribution in [-0.2, 0) is 0 Å². The summed E-state index contributed by atoms with van der Waals surface area (Å²) < 4.78 is 0. The average molecular weight is 199 g/mol. The van der Waals surface area contributed by atoms with E-state index in [4.69, 9.17) is 10.9 Å². The third-order valence-corrected chi connectivity index (χ3v) is 2.88. The van der Waals surface area contributed by atoms with Crippen LogP contribution >= 0.6 is 0 Å². The summed E-state index contributed by atoms with van der Waals surface area (Å²) in [5.41, 5.74) is 5.66. The Kier molecular flexibility index (Phi) is 4.20. The zero-order valence-electron chi connectivity index (χ0n) is 9.11. The Hall–Kier alpha value is -0.770. The van der Waals surface area contributed by atoms with Crippen molar-refractivity contribution in [1.82, 2.24) is 4.90 Å². The van der Waals surface area contributed by atoms with E-state index >= 15 is 0 Å². The van der Waals surface area contributed by atoms with Crippen molar-refractivity contribution in [2.24, 2.45) is 16.8 Å². The molecule has 0 saturated heterocycles. The fraction of sp³-hybridized carbons (Fsp3) is 0.900. The van der Waals surface area contributed by atoms with E-state index in [-0.39, 0.29) is 6.04 Å². The molecule has 1 unspecified atom stereocenters. The predicted octanol–water partition coefficient (Wildman–Crippen LogP) is 1.24. The Morgan fingerprint density at radius 1 is 1.57 bits per heavy atom. The van der Waals surface area contributed by atoms with Crippen molar-refractivity contribution in [2.45, 2.75) is 39.2 Å². The fourth-order valence-corrected chi connectivity index (χ4v) is 1.83. The SMILES string of the molecule is CCC(C(N)=NO)N(CC)CC1CC1. The van der Waals surface area contributed by atoms with Gasteiger partial charge in [-0.15, -0.1) is 0 Å². The van der Waals surface area contributed by atoms with Crippen LogP contribution in [0.4, 0.5) is 0 Å². The third-order valence-electron chi connectivity index (χ3n) is 2.88. The fourth-order valence-electron chi connectivity index (χ4n) is 1.83. The van der Waals surface area contributed by atoms with E-state index in [9.17, 15) is 0 Å². The molecule has 82 valence electrons. The quantitative estimate of drug-likeness (QED) is 0.293. The van der Waals surface area contributed by atoms with E-state index in [1.54, 1.807) is 0 Å². The Morgan fingerprint density at radius 3 is 2.57 bits per heavy atom. The van der Waals surface area contributed by atoms with Crippen LogP contribution in [0.25, 0.3) is 0 Å². The van der Waals surface area contributed by atoms with Crippen LogP contribution in [0, 0.1) is 5.92 Å². The molecule has 3 N–H and O–H groups in total. The lowest BCUT2D eigenvalue weighted by atomic mass is 10.1. The molecule has 14 heavy (non-hydrogen) atoms. The summed E-state index contributed by atoms with van der Waals surface area (Å²) in [6.45, 7) is 6.24. The first-order valence-corrected chi connectivity index (χ1v) is 5.44. The maximum absolute atomic E-state index is 8.67. The molecule has 0 amide bonds. The monoisotopic (exact) mass is 199 g/mol. The minimum atomic E-state index is 0.102. The van der Waals surface area contributed by atoms with Crippen LogP contribution in [0.2, 0.25) is 0 Å². The second kappa shape index (κ2) is 5.20. The van der Waals surface area contributed by atoms with E-state index in [0.717, 1.165) is 25.4 Å². The maximum atomic E-state index is 8.67. The van der Waals surface area contributed by atoms with Crippen molar-refractivity contribution in [3.05, 3.63) is 0 Å². The highest BCUT2D eigenvalue weighted by Crippen LogP contribution is 2.30. The van der Waals surface area contributed by atoms with Gasteiger partial charge >= 0.3 is 0 Å². The topological polar surface area (TPSA) is 61.9 Å². The molecule has 0 aromatic heterocycles. The van der Waals surface area contributed by atoms with Gasteiger partial charge in [0, 0.05) is 6.54 Å². The van der Waals surface area contributed by atoms with Gasteiger partial charge in [-0.05, 0) is 31.7 Å². The van der Waals surface area contributed by atoms with Gasteiger partial charge < -0.3 is 10.9 Å². The molecule has 1 aliphatic rings. The first kappa shape index (κ1) is 11.3. The van der Waals surface area contributed by atoms with Gasteiger partial charge in [-0.2, -0.15) is 0 Å². The molecular formula is C10H21N3O. The van der Waals surface area contributed by atoms with Gasteiger partial charge in [0.2, 0.25) is 0 Å². The summed E-state index contributed by atoms with van der Waals surface area (Å²) in [7, 11) is 0. The minimum Gasteiger partial charge on any atom is -0.409 e. The van der Waals surface area contributed by atoms with Gasteiger partial charge in [0.25, 0.3) is 0 Å². The molecular weight excluding hydrogens is 178 g/mol. The summed E-state index contributed by atoms with van der Waals surface area (Å²) >= 11 is 0. The zero-order chi connectivity index (χ0) is 10.6. The molecule has 0 bridgehead atoms. The predicted molar refractivity (Wildman–Crippen MR) is 57.5 cm³/mol. The van der Waals surface area contributed by atoms with E-state index in [1.165, 1.54) is 12.8 Å². The molecule has 0 heterocycles. The molecule has 0 spiro atoms. The number of nitrogens with zero attached hydrogens (tertiary/aromatic N) is 2. The first-order valence-electron chi connectivity index (χ1n) is 5.44. The minimum absolute atomic E-state index is 0.102. The number of hydrogen-bond acceptors (Lipinski definition) is 3. The maximum Gasteiger partial charge on any atom is 0.156 e. The summed E-state index contributed by atoms with van der Waals surface area (Å²) in [5.74, 6) is 1.19. The van der Waals surface area contributed by atoms with Gasteiger partial charge in [-0.25, -0.2) is 0 Å². The Labute approximate surface area is 85.8 Å². The van der Waals surface area contributed by atoms with Crippen LogP contribution in [0.1, 0.15) is 33.1 Å². The van der Waals surface area contributed by atoms with Gasteiger partial charge in [-0.1, -0.05) is 19.0 Å². The van der Waals surface area contributed by atoms with Gasteiger partial charge in [0.15, 0.2) is 5.84 Å². The van der Waals surface area contributed by atoms with Crippen molar-refractivity contribution in [3.8, 4) is 0 Å². The largest absolute Gasteiger partial charge is 0.409 e. The highest BCUT2D eigenvalue weighted by atomic mass is 16.4. The Morgan fingerprint density at radius 2 is 2.21 bits per heavy atom. The van der Waals surface area contributed by atoms with Crippen molar-refractivity contribution >= 4 is 5.84 Å². The molecule has 4 nitrogen and oxygen atoms in total. The van der Waals surface area contributed by atoms with E-state index in [0.29, 0.717) is 5.84 Å². The highest BCUT2D eigenvalue weighted by molar-refractivity contribution is 5.85. The molecule has 1 aliphatic carbocycles. The zero-order valence-corrected chi connectivity index (χ0v) is 9.11. The molecule has 1 rings (SSSR count). The summed E-state index contributed by atoms with van der Waals surface area (Å²) in [6.07, 6.45) is 3.57. The lowest BCUT2D eigenvalue weighted by Gasteiger charge is -2.28.